The van der Waals surface area contributed by atoms with Crippen LogP contribution in [-0.4, -0.2) is 55.6 Å². The van der Waals surface area contributed by atoms with Crippen molar-refractivity contribution in [2.45, 2.75) is 17.4 Å². The van der Waals surface area contributed by atoms with Crippen LogP contribution in [-0.2, 0) is 14.8 Å². The Morgan fingerprint density at radius 1 is 1.19 bits per heavy atom. The fourth-order valence-electron chi connectivity index (χ4n) is 1.39. The number of carboxylic acid groups (broad SMARTS) is 1. The Hall–Kier alpha value is -1.68. The summed E-state index contributed by atoms with van der Waals surface area (Å²) in [5.74, 6) is -0.645. The van der Waals surface area contributed by atoms with Gasteiger partial charge in [0.25, 0.3) is 0 Å². The van der Waals surface area contributed by atoms with Crippen molar-refractivity contribution in [1.29, 1.82) is 0 Å². The lowest BCUT2D eigenvalue weighted by Crippen LogP contribution is -2.39. The highest BCUT2D eigenvalue weighted by atomic mass is 32.2. The minimum Gasteiger partial charge on any atom is -0.493 e. The number of benzene rings is 1. The van der Waals surface area contributed by atoms with Gasteiger partial charge in [0.05, 0.1) is 37.2 Å². The molecule has 4 N–H and O–H groups in total. The van der Waals surface area contributed by atoms with E-state index in [-0.39, 0.29) is 17.9 Å². The van der Waals surface area contributed by atoms with Crippen LogP contribution >= 0.6 is 0 Å². The quantitative estimate of drug-likeness (QED) is 0.467. The van der Waals surface area contributed by atoms with Gasteiger partial charge in [-0.15, -0.1) is 0 Å². The molecule has 0 radical (unpaired) electrons. The number of hydrogen-bond donors (Lipinski definition) is 4. The third-order valence-electron chi connectivity index (χ3n) is 2.48. The molecule has 0 fully saturated rings. The normalized spacial score (nSPS) is 11.6. The van der Waals surface area contributed by atoms with E-state index in [1.807, 2.05) is 0 Å². The van der Waals surface area contributed by atoms with Crippen LogP contribution in [0.4, 0.5) is 0 Å². The summed E-state index contributed by atoms with van der Waals surface area (Å²) in [6.45, 7) is -1.06. The molecule has 0 aliphatic rings. The van der Waals surface area contributed by atoms with E-state index in [4.69, 9.17) is 20.1 Å². The topological polar surface area (TPSA) is 133 Å². The van der Waals surface area contributed by atoms with Crippen molar-refractivity contribution < 1.29 is 33.3 Å². The number of rotatable bonds is 9. The average molecular weight is 319 g/mol. The van der Waals surface area contributed by atoms with Crippen LogP contribution in [0.25, 0.3) is 0 Å². The van der Waals surface area contributed by atoms with Gasteiger partial charge in [0.2, 0.25) is 10.0 Å². The molecule has 8 nitrogen and oxygen atoms in total. The van der Waals surface area contributed by atoms with Crippen LogP contribution in [0.15, 0.2) is 29.2 Å². The maximum atomic E-state index is 11.9. The van der Waals surface area contributed by atoms with Gasteiger partial charge < -0.3 is 20.1 Å². The molecular weight excluding hydrogens is 302 g/mol. The highest BCUT2D eigenvalue weighted by molar-refractivity contribution is 7.89. The van der Waals surface area contributed by atoms with Gasteiger partial charge in [-0.25, -0.2) is 13.1 Å². The van der Waals surface area contributed by atoms with Gasteiger partial charge >= 0.3 is 5.97 Å². The summed E-state index contributed by atoms with van der Waals surface area (Å²) in [5, 5.41) is 26.2. The minimum atomic E-state index is -3.85. The Bertz CT molecular complexity index is 551. The number of aliphatic hydroxyl groups is 2. The van der Waals surface area contributed by atoms with E-state index in [0.717, 1.165) is 0 Å². The predicted molar refractivity (Wildman–Crippen MR) is 72.5 cm³/mol. The van der Waals surface area contributed by atoms with Crippen LogP contribution < -0.4 is 9.46 Å². The summed E-state index contributed by atoms with van der Waals surface area (Å²) >= 11 is 0. The Morgan fingerprint density at radius 2 is 1.76 bits per heavy atom. The second-order valence-electron chi connectivity index (χ2n) is 4.15. The van der Waals surface area contributed by atoms with Crippen LogP contribution in [0.5, 0.6) is 5.75 Å². The summed E-state index contributed by atoms with van der Waals surface area (Å²) < 4.78 is 31.1. The first kappa shape index (κ1) is 17.4. The molecular formula is C12H17NO7S. The fourth-order valence-corrected chi connectivity index (χ4v) is 2.61. The molecule has 0 amide bonds. The van der Waals surface area contributed by atoms with Gasteiger partial charge in [0, 0.05) is 0 Å². The first-order chi connectivity index (χ1) is 9.89. The van der Waals surface area contributed by atoms with Gasteiger partial charge in [-0.1, -0.05) is 0 Å². The summed E-state index contributed by atoms with van der Waals surface area (Å²) in [5.41, 5.74) is 0. The lowest BCUT2D eigenvalue weighted by atomic mass is 10.3. The van der Waals surface area contributed by atoms with E-state index in [9.17, 15) is 13.2 Å². The molecule has 1 aromatic rings. The van der Waals surface area contributed by atoms with E-state index in [0.29, 0.717) is 5.75 Å². The predicted octanol–water partition coefficient (Wildman–Crippen LogP) is -0.828. The van der Waals surface area contributed by atoms with E-state index < -0.39 is 35.2 Å². The molecule has 0 atom stereocenters. The first-order valence-corrected chi connectivity index (χ1v) is 7.56. The SMILES string of the molecule is O=C(O)CCOc1ccc(S(=O)(=O)NC(CO)CO)cc1. The summed E-state index contributed by atoms with van der Waals surface area (Å²) in [6.07, 6.45) is -0.156. The van der Waals surface area contributed by atoms with Crippen molar-refractivity contribution in [2.75, 3.05) is 19.8 Å². The Morgan fingerprint density at radius 3 is 2.24 bits per heavy atom. The first-order valence-electron chi connectivity index (χ1n) is 6.07. The lowest BCUT2D eigenvalue weighted by molar-refractivity contribution is -0.137. The number of ether oxygens (including phenoxy) is 1. The lowest BCUT2D eigenvalue weighted by Gasteiger charge is -2.14. The number of nitrogens with one attached hydrogen (secondary N) is 1. The number of hydrogen-bond acceptors (Lipinski definition) is 6. The number of aliphatic hydroxyl groups excluding tert-OH is 2. The molecule has 1 aromatic carbocycles. The van der Waals surface area contributed by atoms with Crippen molar-refractivity contribution in [3.8, 4) is 5.75 Å². The highest BCUT2D eigenvalue weighted by Crippen LogP contribution is 2.16. The van der Waals surface area contributed by atoms with E-state index in [1.54, 1.807) is 0 Å². The van der Waals surface area contributed by atoms with Crippen molar-refractivity contribution in [3.63, 3.8) is 0 Å². The molecule has 0 spiro atoms. The van der Waals surface area contributed by atoms with Crippen LogP contribution in [0, 0.1) is 0 Å². The standard InChI is InChI=1S/C12H17NO7S/c14-7-9(8-15)13-21(18,19)11-3-1-10(2-4-11)20-6-5-12(16)17/h1-4,9,13-15H,5-8H2,(H,16,17). The summed E-state index contributed by atoms with van der Waals surface area (Å²) in [6, 6.07) is 4.38. The van der Waals surface area contributed by atoms with E-state index in [2.05, 4.69) is 4.72 Å². The van der Waals surface area contributed by atoms with Crippen molar-refractivity contribution >= 4 is 16.0 Å². The molecule has 118 valence electrons. The third-order valence-corrected chi connectivity index (χ3v) is 4.02. The molecule has 9 heteroatoms. The summed E-state index contributed by atoms with van der Waals surface area (Å²) in [4.78, 5) is 10.3. The van der Waals surface area contributed by atoms with Crippen molar-refractivity contribution in [1.82, 2.24) is 4.72 Å². The maximum absolute atomic E-state index is 11.9. The van der Waals surface area contributed by atoms with E-state index in [1.165, 1.54) is 24.3 Å². The van der Waals surface area contributed by atoms with Gasteiger partial charge in [0.15, 0.2) is 0 Å². The zero-order valence-electron chi connectivity index (χ0n) is 11.1. The van der Waals surface area contributed by atoms with Crippen LogP contribution in [0.1, 0.15) is 6.42 Å². The molecule has 0 aliphatic heterocycles. The molecule has 0 saturated heterocycles. The van der Waals surface area contributed by atoms with Crippen LogP contribution in [0.2, 0.25) is 0 Å². The van der Waals surface area contributed by atoms with E-state index >= 15 is 0 Å². The average Bonchev–Trinajstić information content (AvgIpc) is 2.45. The largest absolute Gasteiger partial charge is 0.493 e. The Labute approximate surface area is 122 Å². The Kier molecular flexibility index (Phi) is 6.56. The number of sulfonamides is 1. The maximum Gasteiger partial charge on any atom is 0.306 e. The molecule has 1 rings (SSSR count). The third kappa shape index (κ3) is 5.68. The molecule has 0 bridgehead atoms. The molecule has 0 aromatic heterocycles. The zero-order chi connectivity index (χ0) is 15.9. The minimum absolute atomic E-state index is 0.0171. The summed E-state index contributed by atoms with van der Waals surface area (Å²) in [7, 11) is -3.85. The van der Waals surface area contributed by atoms with Gasteiger partial charge in [-0.2, -0.15) is 0 Å². The smallest absolute Gasteiger partial charge is 0.306 e. The van der Waals surface area contributed by atoms with Gasteiger partial charge in [-0.05, 0) is 24.3 Å². The Balaban J connectivity index is 2.70. The molecule has 21 heavy (non-hydrogen) atoms. The molecule has 0 aliphatic carbocycles. The number of carboxylic acids is 1. The highest BCUT2D eigenvalue weighted by Gasteiger charge is 2.19. The zero-order valence-corrected chi connectivity index (χ0v) is 11.9. The molecule has 0 heterocycles. The second kappa shape index (κ2) is 7.93. The van der Waals surface area contributed by atoms with Crippen molar-refractivity contribution in [3.05, 3.63) is 24.3 Å². The molecule has 0 saturated carbocycles. The molecule has 0 unspecified atom stereocenters. The second-order valence-corrected chi connectivity index (χ2v) is 5.86. The number of carbonyl (C=O) groups is 1. The van der Waals surface area contributed by atoms with Crippen molar-refractivity contribution in [2.24, 2.45) is 0 Å². The van der Waals surface area contributed by atoms with Crippen LogP contribution in [0.3, 0.4) is 0 Å². The van der Waals surface area contributed by atoms with Gasteiger partial charge in [-0.3, -0.25) is 4.79 Å². The monoisotopic (exact) mass is 319 g/mol. The fraction of sp³-hybridized carbons (Fsp3) is 0.417. The number of aliphatic carboxylic acids is 1. The van der Waals surface area contributed by atoms with Gasteiger partial charge in [0.1, 0.15) is 5.75 Å².